The summed E-state index contributed by atoms with van der Waals surface area (Å²) < 4.78 is 5.05. The molecule has 0 aliphatic carbocycles. The Labute approximate surface area is 128 Å². The topological polar surface area (TPSA) is 24.5 Å². The van der Waals surface area contributed by atoms with Crippen LogP contribution in [0.25, 0.3) is 0 Å². The lowest BCUT2D eigenvalue weighted by Crippen LogP contribution is -2.23. The summed E-state index contributed by atoms with van der Waals surface area (Å²) in [7, 11) is 3.86. The van der Waals surface area contributed by atoms with E-state index in [9.17, 15) is 0 Å². The molecule has 4 heteroatoms. The Hall–Kier alpha value is -0.770. The first-order chi connectivity index (χ1) is 9.69. The third-order valence-electron chi connectivity index (χ3n) is 3.35. The molecule has 0 heterocycles. The van der Waals surface area contributed by atoms with Gasteiger partial charge in [-0.3, -0.25) is 0 Å². The lowest BCUT2D eigenvalue weighted by Gasteiger charge is -2.23. The van der Waals surface area contributed by atoms with Gasteiger partial charge in [0.05, 0.1) is 6.61 Å². The van der Waals surface area contributed by atoms with E-state index in [1.807, 2.05) is 6.07 Å². The van der Waals surface area contributed by atoms with Crippen LogP contribution in [-0.2, 0) is 11.3 Å². The summed E-state index contributed by atoms with van der Waals surface area (Å²) in [5, 5.41) is 4.18. The van der Waals surface area contributed by atoms with E-state index in [0.29, 0.717) is 0 Å². The second-order valence-electron chi connectivity index (χ2n) is 5.07. The maximum atomic E-state index is 6.14. The summed E-state index contributed by atoms with van der Waals surface area (Å²) in [6.07, 6.45) is 3.73. The van der Waals surface area contributed by atoms with Crippen LogP contribution in [0.1, 0.15) is 31.7 Å². The Balaban J connectivity index is 2.63. The molecule has 3 nitrogen and oxygen atoms in total. The summed E-state index contributed by atoms with van der Waals surface area (Å²) in [5.74, 6) is 0. The fraction of sp³-hybridized carbons (Fsp3) is 0.625. The highest BCUT2D eigenvalue weighted by Gasteiger charge is 2.08. The molecule has 0 amide bonds. The fourth-order valence-electron chi connectivity index (χ4n) is 2.16. The number of unbranched alkanes of at least 4 members (excludes halogenated alkanes) is 2. The first-order valence-corrected chi connectivity index (χ1v) is 7.76. The monoisotopic (exact) mass is 298 g/mol. The van der Waals surface area contributed by atoms with E-state index < -0.39 is 0 Å². The molecular weight excluding hydrogens is 272 g/mol. The minimum absolute atomic E-state index is 0.731. The van der Waals surface area contributed by atoms with E-state index in [1.54, 1.807) is 7.11 Å². The summed E-state index contributed by atoms with van der Waals surface area (Å²) in [5.41, 5.74) is 2.50. The smallest absolute Gasteiger partial charge is 0.0587 e. The Morgan fingerprint density at radius 3 is 2.80 bits per heavy atom. The number of ether oxygens (including phenoxy) is 1. The van der Waals surface area contributed by atoms with Crippen molar-refractivity contribution in [3.05, 3.63) is 28.8 Å². The highest BCUT2D eigenvalue weighted by atomic mass is 35.5. The van der Waals surface area contributed by atoms with Gasteiger partial charge < -0.3 is 15.0 Å². The molecular formula is C16H27ClN2O. The number of halogens is 1. The number of benzene rings is 1. The molecule has 0 bridgehead atoms. The van der Waals surface area contributed by atoms with Crippen LogP contribution in [-0.4, -0.2) is 33.9 Å². The number of nitrogens with one attached hydrogen (secondary N) is 1. The van der Waals surface area contributed by atoms with Crippen LogP contribution in [0, 0.1) is 0 Å². The van der Waals surface area contributed by atoms with Gasteiger partial charge in [0.1, 0.15) is 0 Å². The Kier molecular flexibility index (Phi) is 8.67. The molecule has 0 unspecified atom stereocenters. The first kappa shape index (κ1) is 17.3. The molecule has 114 valence electrons. The van der Waals surface area contributed by atoms with E-state index in [0.717, 1.165) is 31.3 Å². The summed E-state index contributed by atoms with van der Waals surface area (Å²) in [6.45, 7) is 5.73. The van der Waals surface area contributed by atoms with E-state index >= 15 is 0 Å². The standard InChI is InChI=1S/C16H27ClN2O/c1-4-5-6-10-19(2)16-12-15(17)8-7-14(16)13-18-9-11-20-3/h7-8,12,18H,4-6,9-11,13H2,1-3H3. The lowest BCUT2D eigenvalue weighted by atomic mass is 10.1. The number of rotatable bonds is 10. The van der Waals surface area contributed by atoms with E-state index in [2.05, 4.69) is 36.3 Å². The summed E-state index contributed by atoms with van der Waals surface area (Å²) >= 11 is 6.14. The average molecular weight is 299 g/mol. The van der Waals surface area contributed by atoms with Crippen molar-refractivity contribution in [3.8, 4) is 0 Å². The van der Waals surface area contributed by atoms with Crippen LogP contribution in [0.15, 0.2) is 18.2 Å². The number of hydrogen-bond acceptors (Lipinski definition) is 3. The van der Waals surface area contributed by atoms with Crippen LogP contribution in [0.3, 0.4) is 0 Å². The highest BCUT2D eigenvalue weighted by molar-refractivity contribution is 6.30. The molecule has 0 saturated carbocycles. The molecule has 0 radical (unpaired) electrons. The third kappa shape index (κ3) is 6.12. The van der Waals surface area contributed by atoms with Gasteiger partial charge in [-0.25, -0.2) is 0 Å². The molecule has 1 aromatic carbocycles. The van der Waals surface area contributed by atoms with Crippen molar-refractivity contribution in [1.29, 1.82) is 0 Å². The van der Waals surface area contributed by atoms with Crippen molar-refractivity contribution in [2.24, 2.45) is 0 Å². The molecule has 20 heavy (non-hydrogen) atoms. The third-order valence-corrected chi connectivity index (χ3v) is 3.59. The molecule has 0 fully saturated rings. The molecule has 0 atom stereocenters. The predicted octanol–water partition coefficient (Wildman–Crippen LogP) is 3.70. The summed E-state index contributed by atoms with van der Waals surface area (Å²) in [4.78, 5) is 2.30. The predicted molar refractivity (Wildman–Crippen MR) is 87.8 cm³/mol. The normalized spacial score (nSPS) is 10.8. The van der Waals surface area contributed by atoms with Crippen LogP contribution in [0.5, 0.6) is 0 Å². The second-order valence-corrected chi connectivity index (χ2v) is 5.51. The molecule has 0 aliphatic heterocycles. The van der Waals surface area contributed by atoms with Crippen LogP contribution in [0.2, 0.25) is 5.02 Å². The van der Waals surface area contributed by atoms with Crippen molar-refractivity contribution in [2.75, 3.05) is 38.8 Å². The van der Waals surface area contributed by atoms with Crippen LogP contribution < -0.4 is 10.2 Å². The molecule has 0 spiro atoms. The van der Waals surface area contributed by atoms with Crippen LogP contribution >= 0.6 is 11.6 Å². The van der Waals surface area contributed by atoms with E-state index in [4.69, 9.17) is 16.3 Å². The van der Waals surface area contributed by atoms with E-state index in [-0.39, 0.29) is 0 Å². The van der Waals surface area contributed by atoms with Gasteiger partial charge in [0, 0.05) is 44.5 Å². The van der Waals surface area contributed by atoms with Crippen molar-refractivity contribution < 1.29 is 4.74 Å². The largest absolute Gasteiger partial charge is 0.383 e. The number of nitrogens with zero attached hydrogens (tertiary/aromatic N) is 1. The molecule has 0 saturated heterocycles. The summed E-state index contributed by atoms with van der Waals surface area (Å²) in [6, 6.07) is 6.12. The van der Waals surface area contributed by atoms with Gasteiger partial charge >= 0.3 is 0 Å². The zero-order chi connectivity index (χ0) is 14.8. The number of hydrogen-bond donors (Lipinski definition) is 1. The zero-order valence-corrected chi connectivity index (χ0v) is 13.7. The molecule has 1 rings (SSSR count). The average Bonchev–Trinajstić information content (AvgIpc) is 2.45. The fourth-order valence-corrected chi connectivity index (χ4v) is 2.32. The van der Waals surface area contributed by atoms with Gasteiger partial charge in [0.2, 0.25) is 0 Å². The van der Waals surface area contributed by atoms with Gasteiger partial charge in [-0.2, -0.15) is 0 Å². The second kappa shape index (κ2) is 10.0. The quantitative estimate of drug-likeness (QED) is 0.667. The first-order valence-electron chi connectivity index (χ1n) is 7.38. The van der Waals surface area contributed by atoms with E-state index in [1.165, 1.54) is 30.5 Å². The van der Waals surface area contributed by atoms with Gasteiger partial charge in [0.25, 0.3) is 0 Å². The molecule has 1 N–H and O–H groups in total. The van der Waals surface area contributed by atoms with Gasteiger partial charge in [-0.05, 0) is 24.1 Å². The maximum absolute atomic E-state index is 6.14. The number of methoxy groups -OCH3 is 1. The van der Waals surface area contributed by atoms with Gasteiger partial charge in [-0.1, -0.05) is 37.4 Å². The van der Waals surface area contributed by atoms with Crippen molar-refractivity contribution in [1.82, 2.24) is 5.32 Å². The highest BCUT2D eigenvalue weighted by Crippen LogP contribution is 2.24. The van der Waals surface area contributed by atoms with Crippen molar-refractivity contribution in [3.63, 3.8) is 0 Å². The Morgan fingerprint density at radius 2 is 2.10 bits per heavy atom. The minimum Gasteiger partial charge on any atom is -0.383 e. The zero-order valence-electron chi connectivity index (χ0n) is 12.9. The number of anilines is 1. The maximum Gasteiger partial charge on any atom is 0.0587 e. The van der Waals surface area contributed by atoms with Crippen LogP contribution in [0.4, 0.5) is 5.69 Å². The Bertz CT molecular complexity index is 385. The molecule has 0 aliphatic rings. The van der Waals surface area contributed by atoms with Gasteiger partial charge in [-0.15, -0.1) is 0 Å². The van der Waals surface area contributed by atoms with Crippen molar-refractivity contribution >= 4 is 17.3 Å². The lowest BCUT2D eigenvalue weighted by molar-refractivity contribution is 0.199. The molecule has 1 aromatic rings. The Morgan fingerprint density at radius 1 is 1.30 bits per heavy atom. The molecule has 0 aromatic heterocycles. The van der Waals surface area contributed by atoms with Crippen molar-refractivity contribution in [2.45, 2.75) is 32.7 Å². The minimum atomic E-state index is 0.731. The SMILES string of the molecule is CCCCCN(C)c1cc(Cl)ccc1CNCCOC. The van der Waals surface area contributed by atoms with Gasteiger partial charge in [0.15, 0.2) is 0 Å².